The first kappa shape index (κ1) is 14.9. The van der Waals surface area contributed by atoms with Crippen LogP contribution in [-0.4, -0.2) is 29.9 Å². The van der Waals surface area contributed by atoms with E-state index in [0.29, 0.717) is 0 Å². The molecular formula is C17H12O6. The minimum absolute atomic E-state index is 0.0425. The van der Waals surface area contributed by atoms with Gasteiger partial charge in [-0.3, -0.25) is 19.2 Å². The number of hydrogen-bond acceptors (Lipinski definition) is 6. The summed E-state index contributed by atoms with van der Waals surface area (Å²) in [5.41, 5.74) is 0.555. The van der Waals surface area contributed by atoms with Gasteiger partial charge in [-0.1, -0.05) is 24.3 Å². The Morgan fingerprint density at radius 3 is 2.35 bits per heavy atom. The van der Waals surface area contributed by atoms with Crippen molar-refractivity contribution in [3.05, 3.63) is 58.5 Å². The number of carbonyl (C=O) groups excluding carboxylic acids is 4. The van der Waals surface area contributed by atoms with Crippen LogP contribution in [0.2, 0.25) is 0 Å². The fourth-order valence-electron chi connectivity index (χ4n) is 2.44. The maximum atomic E-state index is 12.4. The Hall–Kier alpha value is -3.02. The van der Waals surface area contributed by atoms with Crippen molar-refractivity contribution in [3.8, 4) is 0 Å². The molecule has 0 saturated heterocycles. The van der Waals surface area contributed by atoms with Crippen molar-refractivity contribution in [2.45, 2.75) is 13.3 Å². The van der Waals surface area contributed by atoms with Crippen LogP contribution in [-0.2, 0) is 9.53 Å². The van der Waals surface area contributed by atoms with Crippen molar-refractivity contribution in [1.82, 2.24) is 0 Å². The number of ketones is 3. The number of fused-ring (bicyclic) bond motifs is 2. The highest BCUT2D eigenvalue weighted by Crippen LogP contribution is 2.29. The van der Waals surface area contributed by atoms with E-state index >= 15 is 0 Å². The lowest BCUT2D eigenvalue weighted by Gasteiger charge is -2.11. The van der Waals surface area contributed by atoms with Gasteiger partial charge in [0.1, 0.15) is 6.42 Å². The topological polar surface area (TPSA) is 90.7 Å². The Balaban J connectivity index is 1.95. The quantitative estimate of drug-likeness (QED) is 0.417. The fraction of sp³-hybridized carbons (Fsp3) is 0.176. The number of esters is 1. The first-order chi connectivity index (χ1) is 11.0. The fourth-order valence-corrected chi connectivity index (χ4v) is 2.44. The second-order valence-electron chi connectivity index (χ2n) is 4.96. The second-order valence-corrected chi connectivity index (χ2v) is 4.96. The molecule has 6 nitrogen and oxygen atoms in total. The molecule has 23 heavy (non-hydrogen) atoms. The number of carbonyl (C=O) groups is 4. The molecule has 0 unspecified atom stereocenters. The van der Waals surface area contributed by atoms with Crippen LogP contribution in [0.25, 0.3) is 0 Å². The van der Waals surface area contributed by atoms with Crippen LogP contribution in [0.15, 0.2) is 34.7 Å². The van der Waals surface area contributed by atoms with Gasteiger partial charge in [-0.2, -0.15) is 0 Å². The van der Waals surface area contributed by atoms with Gasteiger partial charge in [0.2, 0.25) is 11.6 Å². The number of furan rings is 1. The van der Waals surface area contributed by atoms with E-state index in [1.165, 1.54) is 12.1 Å². The van der Waals surface area contributed by atoms with Gasteiger partial charge in [0.05, 0.1) is 12.2 Å². The summed E-state index contributed by atoms with van der Waals surface area (Å²) in [5, 5.41) is 0. The second kappa shape index (κ2) is 5.64. The zero-order valence-electron chi connectivity index (χ0n) is 12.3. The van der Waals surface area contributed by atoms with Crippen molar-refractivity contribution in [1.29, 1.82) is 0 Å². The predicted molar refractivity (Wildman–Crippen MR) is 77.6 cm³/mol. The van der Waals surface area contributed by atoms with Gasteiger partial charge in [0.25, 0.3) is 0 Å². The molecule has 0 N–H and O–H groups in total. The van der Waals surface area contributed by atoms with Crippen LogP contribution in [0, 0.1) is 0 Å². The van der Waals surface area contributed by atoms with Crippen LogP contribution in [0.1, 0.15) is 55.9 Å². The number of rotatable bonds is 4. The molecule has 0 atom stereocenters. The lowest BCUT2D eigenvalue weighted by atomic mass is 9.88. The molecule has 1 aliphatic carbocycles. The molecule has 0 radical (unpaired) electrons. The van der Waals surface area contributed by atoms with E-state index < -0.39 is 24.0 Å². The van der Waals surface area contributed by atoms with Gasteiger partial charge < -0.3 is 9.15 Å². The highest BCUT2D eigenvalue weighted by molar-refractivity contribution is 6.28. The summed E-state index contributed by atoms with van der Waals surface area (Å²) in [6.07, 6.45) is -0.504. The highest BCUT2D eigenvalue weighted by Gasteiger charge is 2.34. The Morgan fingerprint density at radius 2 is 1.70 bits per heavy atom. The summed E-state index contributed by atoms with van der Waals surface area (Å²) in [7, 11) is 0. The average molecular weight is 312 g/mol. The zero-order chi connectivity index (χ0) is 16.6. The van der Waals surface area contributed by atoms with E-state index in [1.54, 1.807) is 25.1 Å². The molecular weight excluding hydrogens is 300 g/mol. The molecule has 3 rings (SSSR count). The van der Waals surface area contributed by atoms with Crippen molar-refractivity contribution >= 4 is 23.3 Å². The molecule has 0 saturated carbocycles. The summed E-state index contributed by atoms with van der Waals surface area (Å²) in [5.74, 6) is -2.52. The van der Waals surface area contributed by atoms with E-state index in [-0.39, 0.29) is 40.6 Å². The van der Waals surface area contributed by atoms with Crippen molar-refractivity contribution in [2.75, 3.05) is 6.61 Å². The normalized spacial score (nSPS) is 12.6. The van der Waals surface area contributed by atoms with E-state index in [9.17, 15) is 19.2 Å². The number of Topliss-reactive ketones (excluding diaryl/α,β-unsaturated/α-hetero) is 1. The smallest absolute Gasteiger partial charge is 0.313 e. The first-order valence-corrected chi connectivity index (χ1v) is 7.04. The molecule has 1 aromatic heterocycles. The van der Waals surface area contributed by atoms with Gasteiger partial charge in [-0.15, -0.1) is 0 Å². The number of benzene rings is 1. The Bertz CT molecular complexity index is 790. The summed E-state index contributed by atoms with van der Waals surface area (Å²) in [6.45, 7) is 1.79. The SMILES string of the molecule is CCOC(=O)CC(=O)c1cc2c(o1)C(=O)c1ccccc1C2=O. The molecule has 0 amide bonds. The van der Waals surface area contributed by atoms with Crippen LogP contribution >= 0.6 is 0 Å². The summed E-state index contributed by atoms with van der Waals surface area (Å²) in [6, 6.07) is 7.59. The van der Waals surface area contributed by atoms with E-state index in [4.69, 9.17) is 9.15 Å². The molecule has 0 spiro atoms. The zero-order valence-corrected chi connectivity index (χ0v) is 12.3. The monoisotopic (exact) mass is 312 g/mol. The van der Waals surface area contributed by atoms with Crippen LogP contribution in [0.4, 0.5) is 0 Å². The van der Waals surface area contributed by atoms with Gasteiger partial charge in [-0.25, -0.2) is 0 Å². The third-order valence-corrected chi connectivity index (χ3v) is 3.48. The molecule has 6 heteroatoms. The average Bonchev–Trinajstić information content (AvgIpc) is 2.99. The largest absolute Gasteiger partial charge is 0.466 e. The molecule has 1 aliphatic rings. The summed E-state index contributed by atoms with van der Waals surface area (Å²) < 4.78 is 9.95. The van der Waals surface area contributed by atoms with Crippen LogP contribution in [0.5, 0.6) is 0 Å². The van der Waals surface area contributed by atoms with Gasteiger partial charge in [-0.05, 0) is 13.0 Å². The van der Waals surface area contributed by atoms with Crippen LogP contribution < -0.4 is 0 Å². The molecule has 0 aliphatic heterocycles. The molecule has 0 fully saturated rings. The lowest BCUT2D eigenvalue weighted by Crippen LogP contribution is -2.18. The van der Waals surface area contributed by atoms with Crippen molar-refractivity contribution < 1.29 is 28.3 Å². The molecule has 116 valence electrons. The van der Waals surface area contributed by atoms with Gasteiger partial charge in [0.15, 0.2) is 17.3 Å². The number of ether oxygens (including phenoxy) is 1. The standard InChI is InChI=1S/C17H12O6/c1-2-22-14(19)8-12(18)13-7-11-15(20)9-5-3-4-6-10(9)16(21)17(11)23-13/h3-7H,2,8H2,1H3. The van der Waals surface area contributed by atoms with Crippen LogP contribution in [0.3, 0.4) is 0 Å². The summed E-state index contributed by atoms with van der Waals surface area (Å²) in [4.78, 5) is 48.1. The van der Waals surface area contributed by atoms with Crippen molar-refractivity contribution in [3.63, 3.8) is 0 Å². The molecule has 1 aromatic carbocycles. The third-order valence-electron chi connectivity index (χ3n) is 3.48. The van der Waals surface area contributed by atoms with Gasteiger partial charge >= 0.3 is 5.97 Å². The maximum Gasteiger partial charge on any atom is 0.313 e. The number of hydrogen-bond donors (Lipinski definition) is 0. The molecule has 0 bridgehead atoms. The minimum atomic E-state index is -0.687. The predicted octanol–water partition coefficient (Wildman–Crippen LogP) is 2.19. The maximum absolute atomic E-state index is 12.4. The van der Waals surface area contributed by atoms with Gasteiger partial charge in [0, 0.05) is 11.1 Å². The molecule has 1 heterocycles. The van der Waals surface area contributed by atoms with E-state index in [2.05, 4.69) is 0 Å². The highest BCUT2D eigenvalue weighted by atomic mass is 16.5. The Morgan fingerprint density at radius 1 is 1.04 bits per heavy atom. The summed E-state index contributed by atoms with van der Waals surface area (Å²) >= 11 is 0. The Kier molecular flexibility index (Phi) is 3.65. The minimum Gasteiger partial charge on any atom is -0.466 e. The van der Waals surface area contributed by atoms with Crippen molar-refractivity contribution in [2.24, 2.45) is 0 Å². The van der Waals surface area contributed by atoms with E-state index in [1.807, 2.05) is 0 Å². The third kappa shape index (κ3) is 2.48. The molecule has 2 aromatic rings. The first-order valence-electron chi connectivity index (χ1n) is 7.04. The lowest BCUT2D eigenvalue weighted by molar-refractivity contribution is -0.142. The van der Waals surface area contributed by atoms with E-state index in [0.717, 1.165) is 0 Å². The Labute approximate surface area is 131 Å².